The van der Waals surface area contributed by atoms with E-state index in [2.05, 4.69) is 17.1 Å². The molecule has 0 unspecified atom stereocenters. The maximum absolute atomic E-state index is 12.0. The minimum Gasteiger partial charge on any atom is -0.356 e. The van der Waals surface area contributed by atoms with Crippen LogP contribution in [0.1, 0.15) is 31.7 Å². The van der Waals surface area contributed by atoms with Gasteiger partial charge >= 0.3 is 0 Å². The van der Waals surface area contributed by atoms with E-state index in [9.17, 15) is 4.79 Å². The molecule has 0 atom stereocenters. The van der Waals surface area contributed by atoms with Crippen LogP contribution in [0.25, 0.3) is 0 Å². The summed E-state index contributed by atoms with van der Waals surface area (Å²) in [7, 11) is 0. The Hall–Kier alpha value is -0.770. The van der Waals surface area contributed by atoms with Crippen molar-refractivity contribution in [3.63, 3.8) is 0 Å². The zero-order chi connectivity index (χ0) is 15.9. The zero-order valence-electron chi connectivity index (χ0n) is 13.1. The Bertz CT molecular complexity index is 479. The Labute approximate surface area is 143 Å². The lowest BCUT2D eigenvalue weighted by atomic mass is 9.99. The van der Waals surface area contributed by atoms with E-state index in [0.717, 1.165) is 18.9 Å². The number of hydrogen-bond acceptors (Lipinski definition) is 2. The number of benzene rings is 1. The third-order valence-corrected chi connectivity index (χ3v) is 4.96. The van der Waals surface area contributed by atoms with Gasteiger partial charge in [-0.05, 0) is 62.5 Å². The first kappa shape index (κ1) is 17.6. The molecule has 0 saturated carbocycles. The van der Waals surface area contributed by atoms with Crippen LogP contribution >= 0.6 is 23.2 Å². The second-order valence-corrected chi connectivity index (χ2v) is 6.92. The smallest absolute Gasteiger partial charge is 0.224 e. The van der Waals surface area contributed by atoms with E-state index >= 15 is 0 Å². The van der Waals surface area contributed by atoms with Gasteiger partial charge in [-0.2, -0.15) is 0 Å². The minimum atomic E-state index is -0.0257. The standard InChI is InChI=1S/C17H24Cl2N2O/c1-13-6-10-21(11-7-13)9-3-8-20-17(22)12-14-15(18)4-2-5-16(14)19/h2,4-5,13H,3,6-12H2,1H3,(H,20,22). The van der Waals surface area contributed by atoms with E-state index in [4.69, 9.17) is 23.2 Å². The second-order valence-electron chi connectivity index (χ2n) is 6.10. The number of likely N-dealkylation sites (tertiary alicyclic amines) is 1. The Morgan fingerprint density at radius 2 is 1.91 bits per heavy atom. The summed E-state index contributed by atoms with van der Waals surface area (Å²) in [5.41, 5.74) is 0.702. The van der Waals surface area contributed by atoms with Crippen LogP contribution in [0.5, 0.6) is 0 Å². The quantitative estimate of drug-likeness (QED) is 0.798. The maximum atomic E-state index is 12.0. The van der Waals surface area contributed by atoms with Gasteiger partial charge in [0.1, 0.15) is 0 Å². The Kier molecular flexibility index (Phi) is 7.00. The molecule has 1 aliphatic rings. The Morgan fingerprint density at radius 3 is 2.55 bits per heavy atom. The molecule has 122 valence electrons. The van der Waals surface area contributed by atoms with Crippen LogP contribution < -0.4 is 5.32 Å². The number of hydrogen-bond donors (Lipinski definition) is 1. The molecule has 0 spiro atoms. The van der Waals surface area contributed by atoms with Gasteiger partial charge in [-0.15, -0.1) is 0 Å². The van der Waals surface area contributed by atoms with Crippen molar-refractivity contribution < 1.29 is 4.79 Å². The summed E-state index contributed by atoms with van der Waals surface area (Å²) in [6.07, 6.45) is 3.80. The van der Waals surface area contributed by atoms with Crippen molar-refractivity contribution in [1.82, 2.24) is 10.2 Å². The summed E-state index contributed by atoms with van der Waals surface area (Å²) in [4.78, 5) is 14.5. The summed E-state index contributed by atoms with van der Waals surface area (Å²) in [6, 6.07) is 5.30. The van der Waals surface area contributed by atoms with Gasteiger partial charge in [-0.3, -0.25) is 4.79 Å². The van der Waals surface area contributed by atoms with Crippen LogP contribution in [-0.4, -0.2) is 37.0 Å². The van der Waals surface area contributed by atoms with Gasteiger partial charge in [0.2, 0.25) is 5.91 Å². The van der Waals surface area contributed by atoms with E-state index in [-0.39, 0.29) is 12.3 Å². The fourth-order valence-electron chi connectivity index (χ4n) is 2.74. The lowest BCUT2D eigenvalue weighted by Crippen LogP contribution is -2.35. The summed E-state index contributed by atoms with van der Waals surface area (Å²) in [5, 5.41) is 4.04. The van der Waals surface area contributed by atoms with Gasteiger partial charge in [0, 0.05) is 16.6 Å². The third kappa shape index (κ3) is 5.45. The van der Waals surface area contributed by atoms with E-state index in [1.54, 1.807) is 18.2 Å². The van der Waals surface area contributed by atoms with Gasteiger partial charge < -0.3 is 10.2 Å². The van der Waals surface area contributed by atoms with Crippen molar-refractivity contribution >= 4 is 29.1 Å². The molecular weight excluding hydrogens is 319 g/mol. The molecule has 0 radical (unpaired) electrons. The van der Waals surface area contributed by atoms with Crippen LogP contribution in [0.4, 0.5) is 0 Å². The first-order valence-electron chi connectivity index (χ1n) is 7.98. The van der Waals surface area contributed by atoms with Gasteiger partial charge in [0.15, 0.2) is 0 Å². The van der Waals surface area contributed by atoms with Crippen molar-refractivity contribution in [3.05, 3.63) is 33.8 Å². The molecule has 22 heavy (non-hydrogen) atoms. The van der Waals surface area contributed by atoms with Crippen molar-refractivity contribution in [3.8, 4) is 0 Å². The fraction of sp³-hybridized carbons (Fsp3) is 0.588. The predicted molar refractivity (Wildman–Crippen MR) is 92.6 cm³/mol. The molecule has 0 aromatic heterocycles. The molecule has 1 heterocycles. The highest BCUT2D eigenvalue weighted by Crippen LogP contribution is 2.24. The predicted octanol–water partition coefficient (Wildman–Crippen LogP) is 3.77. The average molecular weight is 343 g/mol. The van der Waals surface area contributed by atoms with Crippen molar-refractivity contribution in [2.45, 2.75) is 32.6 Å². The van der Waals surface area contributed by atoms with Crippen LogP contribution in [-0.2, 0) is 11.2 Å². The maximum Gasteiger partial charge on any atom is 0.224 e. The number of rotatable bonds is 6. The summed E-state index contributed by atoms with van der Waals surface area (Å²) in [5.74, 6) is 0.832. The van der Waals surface area contributed by atoms with E-state index in [1.807, 2.05) is 0 Å². The Morgan fingerprint density at radius 1 is 1.27 bits per heavy atom. The summed E-state index contributed by atoms with van der Waals surface area (Å²) < 4.78 is 0. The molecule has 2 rings (SSSR count). The number of carbonyl (C=O) groups excluding carboxylic acids is 1. The van der Waals surface area contributed by atoms with Gasteiger partial charge in [0.05, 0.1) is 6.42 Å². The second kappa shape index (κ2) is 8.76. The molecule has 0 bridgehead atoms. The van der Waals surface area contributed by atoms with Crippen molar-refractivity contribution in [2.24, 2.45) is 5.92 Å². The number of amides is 1. The van der Waals surface area contributed by atoms with E-state index in [0.29, 0.717) is 22.2 Å². The van der Waals surface area contributed by atoms with E-state index < -0.39 is 0 Å². The van der Waals surface area contributed by atoms with Gasteiger partial charge in [0.25, 0.3) is 0 Å². The third-order valence-electron chi connectivity index (χ3n) is 4.25. The molecule has 3 nitrogen and oxygen atoms in total. The molecule has 1 aliphatic heterocycles. The van der Waals surface area contributed by atoms with Crippen molar-refractivity contribution in [1.29, 1.82) is 0 Å². The monoisotopic (exact) mass is 342 g/mol. The molecule has 5 heteroatoms. The number of carbonyl (C=O) groups is 1. The molecule has 1 aromatic carbocycles. The van der Waals surface area contributed by atoms with Gasteiger partial charge in [-0.25, -0.2) is 0 Å². The number of nitrogens with zero attached hydrogens (tertiary/aromatic N) is 1. The molecule has 1 saturated heterocycles. The topological polar surface area (TPSA) is 32.3 Å². The number of nitrogens with one attached hydrogen (secondary N) is 1. The van der Waals surface area contributed by atoms with E-state index in [1.165, 1.54) is 25.9 Å². The highest BCUT2D eigenvalue weighted by atomic mass is 35.5. The molecule has 1 amide bonds. The zero-order valence-corrected chi connectivity index (χ0v) is 14.6. The van der Waals surface area contributed by atoms with Crippen LogP contribution in [0.2, 0.25) is 10.0 Å². The lowest BCUT2D eigenvalue weighted by molar-refractivity contribution is -0.120. The highest BCUT2D eigenvalue weighted by Gasteiger charge is 2.15. The molecule has 1 N–H and O–H groups in total. The highest BCUT2D eigenvalue weighted by molar-refractivity contribution is 6.36. The normalized spacial score (nSPS) is 16.7. The number of piperidine rings is 1. The molecule has 0 aliphatic carbocycles. The van der Waals surface area contributed by atoms with Gasteiger partial charge in [-0.1, -0.05) is 36.2 Å². The van der Waals surface area contributed by atoms with Crippen LogP contribution in [0, 0.1) is 5.92 Å². The minimum absolute atomic E-state index is 0.0257. The van der Waals surface area contributed by atoms with Crippen molar-refractivity contribution in [2.75, 3.05) is 26.2 Å². The SMILES string of the molecule is CC1CCN(CCCNC(=O)Cc2c(Cl)cccc2Cl)CC1. The van der Waals surface area contributed by atoms with Crippen LogP contribution in [0.15, 0.2) is 18.2 Å². The Balaban J connectivity index is 1.66. The summed E-state index contributed by atoms with van der Waals surface area (Å²) >= 11 is 12.2. The first-order chi connectivity index (χ1) is 10.6. The average Bonchev–Trinajstić information content (AvgIpc) is 2.49. The van der Waals surface area contributed by atoms with Crippen LogP contribution in [0.3, 0.4) is 0 Å². The largest absolute Gasteiger partial charge is 0.356 e. The molecule has 1 aromatic rings. The fourth-order valence-corrected chi connectivity index (χ4v) is 3.27. The number of halogens is 2. The molecular formula is C17H24Cl2N2O. The summed E-state index contributed by atoms with van der Waals surface area (Å²) in [6.45, 7) is 6.44. The first-order valence-corrected chi connectivity index (χ1v) is 8.74. The molecule has 1 fully saturated rings. The lowest BCUT2D eigenvalue weighted by Gasteiger charge is -2.30.